The Morgan fingerprint density at radius 2 is 1.88 bits per heavy atom. The Labute approximate surface area is 188 Å². The summed E-state index contributed by atoms with van der Waals surface area (Å²) in [7, 11) is 0. The summed E-state index contributed by atoms with van der Waals surface area (Å²) in [6, 6.07) is 20.5. The van der Waals surface area contributed by atoms with Crippen LogP contribution in [0.15, 0.2) is 60.7 Å². The number of amides is 1. The third-order valence-electron chi connectivity index (χ3n) is 6.70. The SMILES string of the molecule is N=C(N)c1ccc2c(c1)N(Cc1cccc3ccccc13)C(C(=O)NC1CCNCC1)C2. The number of nitrogens with two attached hydrogens (primary N) is 1. The third-order valence-corrected chi connectivity index (χ3v) is 6.70. The summed E-state index contributed by atoms with van der Waals surface area (Å²) in [6.45, 7) is 2.51. The lowest BCUT2D eigenvalue weighted by molar-refractivity contribution is -0.123. The second-order valence-corrected chi connectivity index (χ2v) is 8.78. The van der Waals surface area contributed by atoms with Gasteiger partial charge in [0.2, 0.25) is 5.91 Å². The van der Waals surface area contributed by atoms with Crippen molar-refractivity contribution in [2.45, 2.75) is 37.9 Å². The third kappa shape index (κ3) is 3.94. The Hall–Kier alpha value is -3.38. The van der Waals surface area contributed by atoms with E-state index in [1.54, 1.807) is 0 Å². The van der Waals surface area contributed by atoms with Gasteiger partial charge in [0.05, 0.1) is 0 Å². The highest BCUT2D eigenvalue weighted by molar-refractivity contribution is 5.97. The summed E-state index contributed by atoms with van der Waals surface area (Å²) in [5.41, 5.74) is 9.77. The molecule has 0 aromatic heterocycles. The van der Waals surface area contributed by atoms with E-state index in [4.69, 9.17) is 11.1 Å². The highest BCUT2D eigenvalue weighted by atomic mass is 16.2. The number of fused-ring (bicyclic) bond motifs is 2. The van der Waals surface area contributed by atoms with Crippen molar-refractivity contribution in [2.24, 2.45) is 5.73 Å². The molecule has 0 saturated carbocycles. The fourth-order valence-electron chi connectivity index (χ4n) is 4.96. The maximum Gasteiger partial charge on any atom is 0.243 e. The predicted molar refractivity (Wildman–Crippen MR) is 129 cm³/mol. The molecule has 1 atom stereocenters. The second-order valence-electron chi connectivity index (χ2n) is 8.78. The number of carbonyl (C=O) groups is 1. The summed E-state index contributed by atoms with van der Waals surface area (Å²) in [4.78, 5) is 15.6. The summed E-state index contributed by atoms with van der Waals surface area (Å²) in [6.07, 6.45) is 2.58. The fraction of sp³-hybridized carbons (Fsp3) is 0.308. The quantitative estimate of drug-likeness (QED) is 0.372. The van der Waals surface area contributed by atoms with Crippen molar-refractivity contribution in [1.29, 1.82) is 5.41 Å². The van der Waals surface area contributed by atoms with Crippen LogP contribution in [0.1, 0.15) is 29.5 Å². The Morgan fingerprint density at radius 3 is 2.69 bits per heavy atom. The first kappa shape index (κ1) is 20.5. The van der Waals surface area contributed by atoms with Crippen molar-refractivity contribution in [2.75, 3.05) is 18.0 Å². The molecule has 5 N–H and O–H groups in total. The second kappa shape index (κ2) is 8.63. The molecule has 164 valence electrons. The lowest BCUT2D eigenvalue weighted by Gasteiger charge is -2.30. The van der Waals surface area contributed by atoms with E-state index in [2.05, 4.69) is 51.9 Å². The van der Waals surface area contributed by atoms with Crippen molar-refractivity contribution in [3.8, 4) is 0 Å². The van der Waals surface area contributed by atoms with Crippen LogP contribution in [0.5, 0.6) is 0 Å². The van der Waals surface area contributed by atoms with Crippen LogP contribution < -0.4 is 21.3 Å². The monoisotopic (exact) mass is 427 g/mol. The van der Waals surface area contributed by atoms with Crippen LogP contribution in [0, 0.1) is 5.41 Å². The van der Waals surface area contributed by atoms with E-state index in [0.29, 0.717) is 18.5 Å². The van der Waals surface area contributed by atoms with Crippen molar-refractivity contribution in [1.82, 2.24) is 10.6 Å². The van der Waals surface area contributed by atoms with Gasteiger partial charge in [0.25, 0.3) is 0 Å². The number of amidine groups is 1. The molecule has 6 heteroatoms. The van der Waals surface area contributed by atoms with Crippen molar-refractivity contribution < 1.29 is 4.79 Å². The van der Waals surface area contributed by atoms with Gasteiger partial charge in [-0.15, -0.1) is 0 Å². The molecular weight excluding hydrogens is 398 g/mol. The Kier molecular flexibility index (Phi) is 5.53. The Morgan fingerprint density at radius 1 is 1.09 bits per heavy atom. The normalized spacial score (nSPS) is 18.5. The van der Waals surface area contributed by atoms with Crippen LogP contribution in [0.25, 0.3) is 10.8 Å². The Bertz CT molecular complexity index is 1160. The topological polar surface area (TPSA) is 94.2 Å². The van der Waals surface area contributed by atoms with E-state index >= 15 is 0 Å². The average Bonchev–Trinajstić information content (AvgIpc) is 3.18. The molecule has 32 heavy (non-hydrogen) atoms. The van der Waals surface area contributed by atoms with Crippen LogP contribution in [-0.2, 0) is 17.8 Å². The molecule has 2 heterocycles. The highest BCUT2D eigenvalue weighted by Crippen LogP contribution is 2.35. The molecule has 0 radical (unpaired) electrons. The summed E-state index contributed by atoms with van der Waals surface area (Å²) < 4.78 is 0. The molecule has 0 aliphatic carbocycles. The lowest BCUT2D eigenvalue weighted by Crippen LogP contribution is -2.50. The van der Waals surface area contributed by atoms with Crippen LogP contribution in [0.2, 0.25) is 0 Å². The predicted octanol–water partition coefficient (Wildman–Crippen LogP) is 2.92. The van der Waals surface area contributed by atoms with Crippen molar-refractivity contribution >= 4 is 28.2 Å². The Balaban J connectivity index is 1.49. The average molecular weight is 428 g/mol. The molecule has 3 aromatic rings. The van der Waals surface area contributed by atoms with Gasteiger partial charge in [0, 0.05) is 30.3 Å². The molecule has 6 nitrogen and oxygen atoms in total. The van der Waals surface area contributed by atoms with E-state index in [1.807, 2.05) is 24.3 Å². The maximum absolute atomic E-state index is 13.4. The number of nitrogens with zero attached hydrogens (tertiary/aromatic N) is 1. The lowest BCUT2D eigenvalue weighted by atomic mass is 10.0. The number of carbonyl (C=O) groups excluding carboxylic acids is 1. The van der Waals surface area contributed by atoms with E-state index < -0.39 is 0 Å². The summed E-state index contributed by atoms with van der Waals surface area (Å²) in [5.74, 6) is 0.123. The number of hydrogen-bond acceptors (Lipinski definition) is 4. The number of benzene rings is 3. The zero-order chi connectivity index (χ0) is 22.1. The highest BCUT2D eigenvalue weighted by Gasteiger charge is 2.36. The van der Waals surface area contributed by atoms with E-state index in [1.165, 1.54) is 16.3 Å². The molecule has 1 fully saturated rings. The van der Waals surface area contributed by atoms with Crippen LogP contribution in [-0.4, -0.2) is 36.9 Å². The van der Waals surface area contributed by atoms with Crippen molar-refractivity contribution in [3.05, 3.63) is 77.4 Å². The van der Waals surface area contributed by atoms with Gasteiger partial charge in [-0.05, 0) is 53.9 Å². The zero-order valence-electron chi connectivity index (χ0n) is 18.1. The van der Waals surface area contributed by atoms with E-state index in [-0.39, 0.29) is 23.8 Å². The van der Waals surface area contributed by atoms with E-state index in [0.717, 1.165) is 37.2 Å². The van der Waals surface area contributed by atoms with Crippen LogP contribution >= 0.6 is 0 Å². The first-order chi connectivity index (χ1) is 15.6. The molecule has 0 spiro atoms. The summed E-state index contributed by atoms with van der Waals surface area (Å²) >= 11 is 0. The van der Waals surface area contributed by atoms with Crippen LogP contribution in [0.4, 0.5) is 5.69 Å². The minimum Gasteiger partial charge on any atom is -0.384 e. The van der Waals surface area contributed by atoms with Crippen molar-refractivity contribution in [3.63, 3.8) is 0 Å². The molecule has 1 unspecified atom stereocenters. The van der Waals surface area contributed by atoms with Gasteiger partial charge in [0.15, 0.2) is 0 Å². The van der Waals surface area contributed by atoms with Gasteiger partial charge in [-0.2, -0.15) is 0 Å². The first-order valence-electron chi connectivity index (χ1n) is 11.3. The smallest absolute Gasteiger partial charge is 0.243 e. The molecule has 2 aliphatic rings. The number of hydrogen-bond donors (Lipinski definition) is 4. The number of piperidine rings is 1. The minimum absolute atomic E-state index is 0.0421. The van der Waals surface area contributed by atoms with Crippen LogP contribution in [0.3, 0.4) is 0 Å². The first-order valence-corrected chi connectivity index (χ1v) is 11.3. The number of nitrogen functional groups attached to an aromatic ring is 1. The maximum atomic E-state index is 13.4. The number of rotatable bonds is 5. The molecule has 0 bridgehead atoms. The summed E-state index contributed by atoms with van der Waals surface area (Å²) in [5, 5.41) is 16.9. The standard InChI is InChI=1S/C26H29N5O/c27-25(28)19-9-8-18-14-24(26(32)30-21-10-12-29-13-11-21)31(23(18)15-19)16-20-6-3-5-17-4-1-2-7-22(17)20/h1-9,15,21,24,29H,10-14,16H2,(H3,27,28)(H,30,32). The fourth-order valence-corrected chi connectivity index (χ4v) is 4.96. The zero-order valence-corrected chi connectivity index (χ0v) is 18.1. The number of nitrogens with one attached hydrogen (secondary N) is 3. The van der Waals surface area contributed by atoms with Gasteiger partial charge < -0.3 is 21.3 Å². The molecule has 1 saturated heterocycles. The van der Waals surface area contributed by atoms with E-state index in [9.17, 15) is 4.79 Å². The molecule has 1 amide bonds. The van der Waals surface area contributed by atoms with Gasteiger partial charge in [0.1, 0.15) is 11.9 Å². The molecule has 5 rings (SSSR count). The minimum atomic E-state index is -0.277. The largest absolute Gasteiger partial charge is 0.384 e. The molecule has 3 aromatic carbocycles. The molecule has 2 aliphatic heterocycles. The van der Waals surface area contributed by atoms with Gasteiger partial charge in [-0.1, -0.05) is 54.6 Å². The number of anilines is 1. The van der Waals surface area contributed by atoms with Gasteiger partial charge >= 0.3 is 0 Å². The molecular formula is C26H29N5O. The van der Waals surface area contributed by atoms with Gasteiger partial charge in [-0.25, -0.2) is 0 Å². The van der Waals surface area contributed by atoms with Gasteiger partial charge in [-0.3, -0.25) is 10.2 Å².